The second-order valence-corrected chi connectivity index (χ2v) is 6.61. The number of benzene rings is 3. The first-order chi connectivity index (χ1) is 14.3. The first kappa shape index (κ1) is 17.0. The van der Waals surface area contributed by atoms with Crippen LogP contribution < -0.4 is 5.56 Å². The van der Waals surface area contributed by atoms with E-state index < -0.39 is 0 Å². The lowest BCUT2D eigenvalue weighted by atomic mass is 10.1. The third-order valence-corrected chi connectivity index (χ3v) is 4.75. The molecule has 5 rings (SSSR count). The Kier molecular flexibility index (Phi) is 4.18. The topological polar surface area (TPSA) is 60.1 Å². The summed E-state index contributed by atoms with van der Waals surface area (Å²) in [4.78, 5) is 22.6. The summed E-state index contributed by atoms with van der Waals surface area (Å²) >= 11 is 0. The molecule has 0 spiro atoms. The molecule has 2 aromatic heterocycles. The summed E-state index contributed by atoms with van der Waals surface area (Å²) in [6.45, 7) is 0. The van der Waals surface area contributed by atoms with Gasteiger partial charge >= 0.3 is 0 Å². The minimum Gasteiger partial charge on any atom is -0.267 e. The molecule has 0 saturated carbocycles. The maximum atomic E-state index is 13.4. The smallest absolute Gasteiger partial charge is 0.267 e. The molecule has 138 valence electrons. The molecule has 0 amide bonds. The third-order valence-electron chi connectivity index (χ3n) is 4.75. The molecule has 0 unspecified atom stereocenters. The predicted octanol–water partition coefficient (Wildman–Crippen LogP) is 4.49. The molecule has 3 aromatic carbocycles. The van der Waals surface area contributed by atoms with E-state index in [0.717, 1.165) is 22.0 Å². The molecule has 5 aromatic rings. The van der Waals surface area contributed by atoms with Crippen LogP contribution >= 0.6 is 0 Å². The zero-order valence-corrected chi connectivity index (χ0v) is 15.4. The average molecular weight is 376 g/mol. The van der Waals surface area contributed by atoms with Crippen molar-refractivity contribution in [2.75, 3.05) is 0 Å². The molecular weight excluding hydrogens is 360 g/mol. The maximum Gasteiger partial charge on any atom is 0.282 e. The molecule has 5 nitrogen and oxygen atoms in total. The van der Waals surface area contributed by atoms with Crippen LogP contribution in [0.3, 0.4) is 0 Å². The molecule has 0 N–H and O–H groups in total. The largest absolute Gasteiger partial charge is 0.282 e. The first-order valence-electron chi connectivity index (χ1n) is 9.26. The summed E-state index contributed by atoms with van der Waals surface area (Å²) in [6.07, 6.45) is 3.40. The van der Waals surface area contributed by atoms with Crippen molar-refractivity contribution in [2.24, 2.45) is 5.10 Å². The van der Waals surface area contributed by atoms with Crippen LogP contribution in [-0.2, 0) is 0 Å². The summed E-state index contributed by atoms with van der Waals surface area (Å²) in [6, 6.07) is 26.7. The van der Waals surface area contributed by atoms with Gasteiger partial charge in [0.2, 0.25) is 0 Å². The van der Waals surface area contributed by atoms with Crippen LogP contribution in [0.25, 0.3) is 33.2 Å². The van der Waals surface area contributed by atoms with E-state index in [9.17, 15) is 4.79 Å². The summed E-state index contributed by atoms with van der Waals surface area (Å²) in [5.74, 6) is 0.492. The van der Waals surface area contributed by atoms with Gasteiger partial charge in [0.05, 0.1) is 22.6 Å². The second-order valence-electron chi connectivity index (χ2n) is 6.61. The van der Waals surface area contributed by atoms with E-state index in [0.29, 0.717) is 16.7 Å². The standard InChI is InChI=1S/C24H16N4O/c29-24-20-13-14-21-19(12-7-15-25-21)22(20)27-23(18-10-5-2-6-11-18)28(24)26-16-17-8-3-1-4-9-17/h1-16H/b26-16+. The fourth-order valence-corrected chi connectivity index (χ4v) is 3.34. The van der Waals surface area contributed by atoms with Gasteiger partial charge < -0.3 is 0 Å². The highest BCUT2D eigenvalue weighted by Crippen LogP contribution is 2.24. The third kappa shape index (κ3) is 3.08. The Morgan fingerprint density at radius 1 is 0.793 bits per heavy atom. The molecule has 0 fully saturated rings. The van der Waals surface area contributed by atoms with E-state index in [1.54, 1.807) is 18.5 Å². The molecule has 0 aliphatic rings. The Bertz CT molecular complexity index is 1410. The van der Waals surface area contributed by atoms with Gasteiger partial charge in [-0.2, -0.15) is 9.78 Å². The Balaban J connectivity index is 1.83. The number of hydrogen-bond donors (Lipinski definition) is 0. The number of rotatable bonds is 3. The van der Waals surface area contributed by atoms with Crippen LogP contribution in [-0.4, -0.2) is 20.9 Å². The molecule has 5 heteroatoms. The molecule has 0 aliphatic carbocycles. The Morgan fingerprint density at radius 2 is 1.55 bits per heavy atom. The van der Waals surface area contributed by atoms with Gasteiger partial charge in [-0.15, -0.1) is 0 Å². The van der Waals surface area contributed by atoms with Gasteiger partial charge in [0.1, 0.15) is 0 Å². The lowest BCUT2D eigenvalue weighted by molar-refractivity contribution is 0.830. The van der Waals surface area contributed by atoms with E-state index in [-0.39, 0.29) is 5.56 Å². The fraction of sp³-hybridized carbons (Fsp3) is 0. The minimum absolute atomic E-state index is 0.216. The van der Waals surface area contributed by atoms with Crippen molar-refractivity contribution < 1.29 is 0 Å². The molecule has 29 heavy (non-hydrogen) atoms. The van der Waals surface area contributed by atoms with E-state index >= 15 is 0 Å². The average Bonchev–Trinajstić information content (AvgIpc) is 2.79. The summed E-state index contributed by atoms with van der Waals surface area (Å²) in [7, 11) is 0. The highest BCUT2D eigenvalue weighted by Gasteiger charge is 2.14. The van der Waals surface area contributed by atoms with E-state index in [1.807, 2.05) is 78.9 Å². The van der Waals surface area contributed by atoms with E-state index in [2.05, 4.69) is 10.1 Å². The van der Waals surface area contributed by atoms with Crippen LogP contribution in [0.4, 0.5) is 0 Å². The van der Waals surface area contributed by atoms with Gasteiger partial charge in [0, 0.05) is 17.1 Å². The maximum absolute atomic E-state index is 13.4. The molecular formula is C24H16N4O. The lowest BCUT2D eigenvalue weighted by Crippen LogP contribution is -2.20. The summed E-state index contributed by atoms with van der Waals surface area (Å²) in [5, 5.41) is 5.84. The van der Waals surface area contributed by atoms with E-state index in [4.69, 9.17) is 4.98 Å². The number of nitrogens with zero attached hydrogens (tertiary/aromatic N) is 4. The zero-order chi connectivity index (χ0) is 19.6. The van der Waals surface area contributed by atoms with Gasteiger partial charge in [-0.05, 0) is 29.8 Å². The van der Waals surface area contributed by atoms with Crippen LogP contribution in [0.5, 0.6) is 0 Å². The van der Waals surface area contributed by atoms with Crippen molar-refractivity contribution in [1.82, 2.24) is 14.6 Å². The highest BCUT2D eigenvalue weighted by atomic mass is 16.1. The van der Waals surface area contributed by atoms with Crippen LogP contribution in [0.15, 0.2) is 101 Å². The van der Waals surface area contributed by atoms with Gasteiger partial charge in [0.25, 0.3) is 5.56 Å². The monoisotopic (exact) mass is 376 g/mol. The predicted molar refractivity (Wildman–Crippen MR) is 116 cm³/mol. The van der Waals surface area contributed by atoms with Crippen molar-refractivity contribution in [1.29, 1.82) is 0 Å². The van der Waals surface area contributed by atoms with Crippen LogP contribution in [0.2, 0.25) is 0 Å². The number of aromatic nitrogens is 3. The Hall–Kier alpha value is -4.12. The molecule has 0 saturated heterocycles. The fourth-order valence-electron chi connectivity index (χ4n) is 3.34. The normalized spacial score (nSPS) is 11.4. The Morgan fingerprint density at radius 3 is 2.34 bits per heavy atom. The van der Waals surface area contributed by atoms with Crippen molar-refractivity contribution in [3.8, 4) is 11.4 Å². The van der Waals surface area contributed by atoms with Crippen molar-refractivity contribution in [3.63, 3.8) is 0 Å². The quantitative estimate of drug-likeness (QED) is 0.344. The van der Waals surface area contributed by atoms with E-state index in [1.165, 1.54) is 4.68 Å². The number of hydrogen-bond acceptors (Lipinski definition) is 4. The van der Waals surface area contributed by atoms with Gasteiger partial charge in [-0.1, -0.05) is 60.7 Å². The highest BCUT2D eigenvalue weighted by molar-refractivity contribution is 6.03. The van der Waals surface area contributed by atoms with Gasteiger partial charge in [0.15, 0.2) is 5.82 Å². The van der Waals surface area contributed by atoms with Crippen LogP contribution in [0, 0.1) is 0 Å². The summed E-state index contributed by atoms with van der Waals surface area (Å²) < 4.78 is 1.37. The zero-order valence-electron chi connectivity index (χ0n) is 15.4. The van der Waals surface area contributed by atoms with Gasteiger partial charge in [-0.25, -0.2) is 4.98 Å². The van der Waals surface area contributed by atoms with Crippen LogP contribution in [0.1, 0.15) is 5.56 Å². The second kappa shape index (κ2) is 7.13. The summed E-state index contributed by atoms with van der Waals surface area (Å²) in [5.41, 5.74) is 2.94. The molecule has 0 atom stereocenters. The SMILES string of the molecule is O=c1c2ccc3ncccc3c2nc(-c2ccccc2)n1/N=C/c1ccccc1. The Labute approximate surface area is 166 Å². The van der Waals surface area contributed by atoms with Gasteiger partial charge in [-0.3, -0.25) is 9.78 Å². The van der Waals surface area contributed by atoms with Crippen molar-refractivity contribution in [2.45, 2.75) is 0 Å². The number of pyridine rings is 1. The molecule has 0 bridgehead atoms. The van der Waals surface area contributed by atoms with Crippen molar-refractivity contribution >= 4 is 28.0 Å². The number of fused-ring (bicyclic) bond motifs is 3. The lowest BCUT2D eigenvalue weighted by Gasteiger charge is -2.10. The van der Waals surface area contributed by atoms with Crippen molar-refractivity contribution in [3.05, 3.63) is 107 Å². The molecule has 0 aliphatic heterocycles. The molecule has 2 heterocycles. The molecule has 0 radical (unpaired) electrons. The minimum atomic E-state index is -0.216. The first-order valence-corrected chi connectivity index (χ1v) is 9.26.